The molecule has 0 radical (unpaired) electrons. The molecule has 2 heterocycles. The van der Waals surface area contributed by atoms with Gasteiger partial charge >= 0.3 is 6.09 Å². The molecule has 0 aliphatic heterocycles. The van der Waals surface area contributed by atoms with Crippen molar-refractivity contribution in [2.75, 3.05) is 12.8 Å². The van der Waals surface area contributed by atoms with Crippen LogP contribution >= 0.6 is 22.7 Å². The molecule has 0 aromatic carbocycles. The molecule has 33 heavy (non-hydrogen) atoms. The molecule has 0 aliphatic rings. The van der Waals surface area contributed by atoms with Gasteiger partial charge in [-0.05, 0) is 62.9 Å². The quantitative estimate of drug-likeness (QED) is 0.412. The van der Waals surface area contributed by atoms with E-state index in [1.54, 1.807) is 48.3 Å². The van der Waals surface area contributed by atoms with Gasteiger partial charge < -0.3 is 10.0 Å². The maximum Gasteiger partial charge on any atom is 0.408 e. The van der Waals surface area contributed by atoms with E-state index in [0.29, 0.717) is 32.4 Å². The van der Waals surface area contributed by atoms with Crippen molar-refractivity contribution in [2.24, 2.45) is 0 Å². The number of nitrogens with zero attached hydrogens (tertiary/aromatic N) is 2. The summed E-state index contributed by atoms with van der Waals surface area (Å²) in [5.74, 6) is -0.245. The number of carbonyl (C=O) groups excluding carboxylic acids is 1. The van der Waals surface area contributed by atoms with Gasteiger partial charge in [0.25, 0.3) is 0 Å². The van der Waals surface area contributed by atoms with Crippen molar-refractivity contribution >= 4 is 44.7 Å². The van der Waals surface area contributed by atoms with E-state index in [-0.39, 0.29) is 12.5 Å². The highest BCUT2D eigenvalue weighted by molar-refractivity contribution is 7.88. The van der Waals surface area contributed by atoms with Crippen molar-refractivity contribution in [3.63, 3.8) is 0 Å². The van der Waals surface area contributed by atoms with Crippen molar-refractivity contribution in [1.29, 1.82) is 0 Å². The fourth-order valence-corrected chi connectivity index (χ4v) is 5.53. The zero-order valence-electron chi connectivity index (χ0n) is 19.5. The van der Waals surface area contributed by atoms with Gasteiger partial charge in [0.15, 0.2) is 0 Å². The minimum atomic E-state index is -3.29. The summed E-state index contributed by atoms with van der Waals surface area (Å²) in [5.41, 5.74) is -0.783. The number of carbonyl (C=O) groups is 2. The summed E-state index contributed by atoms with van der Waals surface area (Å²) in [7, 11) is -3.29. The summed E-state index contributed by atoms with van der Waals surface area (Å²) in [6, 6.07) is 6.91. The van der Waals surface area contributed by atoms with Gasteiger partial charge in [-0.15, -0.1) is 22.7 Å². The van der Waals surface area contributed by atoms with E-state index in [1.807, 2.05) is 35.0 Å². The Kier molecular flexibility index (Phi) is 9.89. The molecule has 0 bridgehead atoms. The monoisotopic (exact) mass is 515 g/mol. The van der Waals surface area contributed by atoms with E-state index >= 15 is 0 Å². The Balaban J connectivity index is 2.27. The normalized spacial score (nSPS) is 13.0. The van der Waals surface area contributed by atoms with Gasteiger partial charge in [0.1, 0.15) is 6.04 Å². The first-order chi connectivity index (χ1) is 15.4. The minimum absolute atomic E-state index is 0.245. The van der Waals surface area contributed by atoms with Gasteiger partial charge in [-0.3, -0.25) is 9.69 Å². The van der Waals surface area contributed by atoms with Gasteiger partial charge in [0, 0.05) is 21.8 Å². The molecule has 2 aromatic rings. The van der Waals surface area contributed by atoms with Crippen LogP contribution in [-0.2, 0) is 27.9 Å². The van der Waals surface area contributed by atoms with Crippen LogP contribution < -0.4 is 4.72 Å². The minimum Gasteiger partial charge on any atom is -0.465 e. The van der Waals surface area contributed by atoms with Gasteiger partial charge in [-0.2, -0.15) is 0 Å². The van der Waals surface area contributed by atoms with Gasteiger partial charge in [-0.25, -0.2) is 17.9 Å². The number of nitrogens with one attached hydrogen (secondary N) is 1. The lowest BCUT2D eigenvalue weighted by Gasteiger charge is -2.40. The van der Waals surface area contributed by atoms with Gasteiger partial charge in [-0.1, -0.05) is 12.1 Å². The molecule has 11 heteroatoms. The molecule has 2 rings (SSSR count). The lowest BCUT2D eigenvalue weighted by molar-refractivity contribution is -0.139. The molecule has 0 spiro atoms. The van der Waals surface area contributed by atoms with E-state index < -0.39 is 27.7 Å². The van der Waals surface area contributed by atoms with E-state index in [0.717, 1.165) is 16.0 Å². The Morgan fingerprint density at radius 1 is 1.06 bits per heavy atom. The van der Waals surface area contributed by atoms with E-state index in [2.05, 4.69) is 4.72 Å². The molecule has 0 fully saturated rings. The fraction of sp³-hybridized carbons (Fsp3) is 0.545. The van der Waals surface area contributed by atoms with Gasteiger partial charge in [0.05, 0.1) is 19.3 Å². The van der Waals surface area contributed by atoms with Crippen LogP contribution in [0.1, 0.15) is 49.8 Å². The first-order valence-electron chi connectivity index (χ1n) is 10.7. The highest BCUT2D eigenvalue weighted by Gasteiger charge is 2.39. The van der Waals surface area contributed by atoms with Crippen molar-refractivity contribution < 1.29 is 23.1 Å². The summed E-state index contributed by atoms with van der Waals surface area (Å²) in [6.45, 7) is 6.37. The topological polar surface area (TPSA) is 107 Å². The molecular formula is C22H33N3O5S3. The molecule has 1 atom stereocenters. The molecule has 0 unspecified atom stereocenters. The van der Waals surface area contributed by atoms with Crippen LogP contribution in [0.3, 0.4) is 0 Å². The van der Waals surface area contributed by atoms with Crippen molar-refractivity contribution in [3.05, 3.63) is 44.8 Å². The summed E-state index contributed by atoms with van der Waals surface area (Å²) < 4.78 is 25.0. The summed E-state index contributed by atoms with van der Waals surface area (Å²) >= 11 is 3.11. The average molecular weight is 516 g/mol. The maximum atomic E-state index is 13.8. The third kappa shape index (κ3) is 9.07. The first-order valence-corrected chi connectivity index (χ1v) is 14.3. The number of hydrogen-bond donors (Lipinski definition) is 2. The second kappa shape index (κ2) is 12.0. The van der Waals surface area contributed by atoms with E-state index in [4.69, 9.17) is 0 Å². The van der Waals surface area contributed by atoms with Crippen LogP contribution in [0.25, 0.3) is 0 Å². The maximum absolute atomic E-state index is 13.8. The molecule has 2 N–H and O–H groups in total. The largest absolute Gasteiger partial charge is 0.465 e. The Hall–Kier alpha value is -1.95. The summed E-state index contributed by atoms with van der Waals surface area (Å²) in [4.78, 5) is 31.1. The first kappa shape index (κ1) is 27.3. The lowest BCUT2D eigenvalue weighted by Crippen LogP contribution is -2.57. The van der Waals surface area contributed by atoms with Crippen LogP contribution in [-0.4, -0.2) is 59.7 Å². The molecular weight excluding hydrogens is 482 g/mol. The van der Waals surface area contributed by atoms with Crippen molar-refractivity contribution in [2.45, 2.75) is 64.7 Å². The van der Waals surface area contributed by atoms with Gasteiger partial charge in [0.2, 0.25) is 15.9 Å². The number of unbranched alkanes of at least 4 members (excludes halogenated alkanes) is 1. The molecule has 184 valence electrons. The highest BCUT2D eigenvalue weighted by Crippen LogP contribution is 2.25. The number of thiophene rings is 2. The molecule has 0 aliphatic carbocycles. The summed E-state index contributed by atoms with van der Waals surface area (Å²) in [6.07, 6.45) is 1.26. The van der Waals surface area contributed by atoms with E-state index in [9.17, 15) is 23.1 Å². The van der Waals surface area contributed by atoms with Crippen LogP contribution in [0.4, 0.5) is 4.79 Å². The zero-order chi connectivity index (χ0) is 24.6. The second-order valence-electron chi connectivity index (χ2n) is 8.85. The van der Waals surface area contributed by atoms with Crippen LogP contribution in [0.5, 0.6) is 0 Å². The third-order valence-corrected chi connectivity index (χ3v) is 7.41. The number of amides is 2. The van der Waals surface area contributed by atoms with Crippen molar-refractivity contribution in [1.82, 2.24) is 14.5 Å². The smallest absolute Gasteiger partial charge is 0.408 e. The average Bonchev–Trinajstić information content (AvgIpc) is 3.37. The molecule has 2 aromatic heterocycles. The fourth-order valence-electron chi connectivity index (χ4n) is 3.57. The standard InChI is InChI=1S/C22H33N3O5S3/c1-22(2,3)25(21(27)28)19(11-5-6-12-23-33(4,29)30)20(26)24(15-17-9-7-13-31-17)16-18-10-8-14-32-18/h7-10,13-14,19,23H,5-6,11-12,15-16H2,1-4H3,(H,27,28)/t19-/m0/s1. The number of rotatable bonds is 12. The Labute approximate surface area is 204 Å². The Bertz CT molecular complexity index is 947. The number of sulfonamides is 1. The Morgan fingerprint density at radius 2 is 1.61 bits per heavy atom. The van der Waals surface area contributed by atoms with Crippen LogP contribution in [0, 0.1) is 0 Å². The van der Waals surface area contributed by atoms with Crippen LogP contribution in [0.15, 0.2) is 35.0 Å². The summed E-state index contributed by atoms with van der Waals surface area (Å²) in [5, 5.41) is 13.9. The third-order valence-electron chi connectivity index (χ3n) is 4.96. The lowest BCUT2D eigenvalue weighted by atomic mass is 9.98. The predicted molar refractivity (Wildman–Crippen MR) is 133 cm³/mol. The predicted octanol–water partition coefficient (Wildman–Crippen LogP) is 4.21. The molecule has 8 nitrogen and oxygen atoms in total. The van der Waals surface area contributed by atoms with Crippen molar-refractivity contribution in [3.8, 4) is 0 Å². The van der Waals surface area contributed by atoms with E-state index in [1.165, 1.54) is 4.90 Å². The highest BCUT2D eigenvalue weighted by atomic mass is 32.2. The molecule has 2 amide bonds. The number of carboxylic acid groups (broad SMARTS) is 1. The van der Waals surface area contributed by atoms with Crippen LogP contribution in [0.2, 0.25) is 0 Å². The molecule has 0 saturated carbocycles. The zero-order valence-corrected chi connectivity index (χ0v) is 21.9. The number of hydrogen-bond acceptors (Lipinski definition) is 6. The molecule has 0 saturated heterocycles. The SMILES string of the molecule is CC(C)(C)N(C(=O)O)[C@@H](CCCCNS(C)(=O)=O)C(=O)N(Cc1cccs1)Cc1cccs1. The Morgan fingerprint density at radius 3 is 2.00 bits per heavy atom. The second-order valence-corrected chi connectivity index (χ2v) is 12.8.